The molecule has 0 radical (unpaired) electrons. The van der Waals surface area contributed by atoms with Gasteiger partial charge in [0.15, 0.2) is 5.82 Å². The third-order valence-electron chi connectivity index (χ3n) is 2.89. The maximum Gasteiger partial charge on any atom is 0.237 e. The average molecular weight is 237 g/mol. The summed E-state index contributed by atoms with van der Waals surface area (Å²) >= 11 is 0. The zero-order valence-corrected chi connectivity index (χ0v) is 10.4. The van der Waals surface area contributed by atoms with Crippen molar-refractivity contribution in [2.24, 2.45) is 7.05 Å². The van der Waals surface area contributed by atoms with Gasteiger partial charge in [-0.25, -0.2) is 4.98 Å². The Morgan fingerprint density at radius 3 is 3.00 bits per heavy atom. The lowest BCUT2D eigenvalue weighted by atomic mass is 10.1. The molecule has 6 heteroatoms. The van der Waals surface area contributed by atoms with Crippen molar-refractivity contribution in [2.75, 3.05) is 13.1 Å². The van der Waals surface area contributed by atoms with Crippen molar-refractivity contribution < 1.29 is 4.79 Å². The molecule has 0 aromatic carbocycles. The van der Waals surface area contributed by atoms with E-state index >= 15 is 0 Å². The van der Waals surface area contributed by atoms with E-state index in [1.54, 1.807) is 4.68 Å². The van der Waals surface area contributed by atoms with Crippen LogP contribution in [0.4, 0.5) is 0 Å². The van der Waals surface area contributed by atoms with Crippen LogP contribution in [0.15, 0.2) is 0 Å². The Bertz CT molecular complexity index is 401. The summed E-state index contributed by atoms with van der Waals surface area (Å²) in [6.45, 7) is 3.62. The van der Waals surface area contributed by atoms with Crippen LogP contribution in [0.2, 0.25) is 0 Å². The van der Waals surface area contributed by atoms with Gasteiger partial charge in [0.2, 0.25) is 5.91 Å². The third-order valence-corrected chi connectivity index (χ3v) is 2.89. The molecule has 1 aliphatic heterocycles. The van der Waals surface area contributed by atoms with Crippen LogP contribution < -0.4 is 10.6 Å². The highest BCUT2D eigenvalue weighted by atomic mass is 16.2. The summed E-state index contributed by atoms with van der Waals surface area (Å²) in [5, 5.41) is 10.4. The predicted molar refractivity (Wildman–Crippen MR) is 63.5 cm³/mol. The van der Waals surface area contributed by atoms with Crippen LogP contribution in [0, 0.1) is 0 Å². The molecule has 17 heavy (non-hydrogen) atoms. The SMILES string of the molecule is CCCc1nc(CC2NCCNC2=O)n(C)n1. The summed E-state index contributed by atoms with van der Waals surface area (Å²) in [6, 6.07) is -0.180. The maximum absolute atomic E-state index is 11.6. The van der Waals surface area contributed by atoms with Gasteiger partial charge >= 0.3 is 0 Å². The lowest BCUT2D eigenvalue weighted by Gasteiger charge is -2.22. The van der Waals surface area contributed by atoms with E-state index in [2.05, 4.69) is 27.6 Å². The second kappa shape index (κ2) is 5.27. The number of nitrogens with one attached hydrogen (secondary N) is 2. The van der Waals surface area contributed by atoms with Gasteiger partial charge < -0.3 is 10.6 Å². The number of amides is 1. The van der Waals surface area contributed by atoms with E-state index in [9.17, 15) is 4.79 Å². The number of rotatable bonds is 4. The molecule has 0 bridgehead atoms. The largest absolute Gasteiger partial charge is 0.353 e. The van der Waals surface area contributed by atoms with E-state index in [0.29, 0.717) is 13.0 Å². The minimum absolute atomic E-state index is 0.0521. The first kappa shape index (κ1) is 12.0. The van der Waals surface area contributed by atoms with E-state index in [1.807, 2.05) is 7.05 Å². The second-order valence-corrected chi connectivity index (χ2v) is 4.32. The van der Waals surface area contributed by atoms with Crippen molar-refractivity contribution in [1.82, 2.24) is 25.4 Å². The normalized spacial score (nSPS) is 20.4. The van der Waals surface area contributed by atoms with E-state index in [-0.39, 0.29) is 11.9 Å². The van der Waals surface area contributed by atoms with Gasteiger partial charge in [0.05, 0.1) is 6.04 Å². The topological polar surface area (TPSA) is 71.8 Å². The molecule has 1 atom stereocenters. The monoisotopic (exact) mass is 237 g/mol. The highest BCUT2D eigenvalue weighted by molar-refractivity contribution is 5.82. The first-order valence-corrected chi connectivity index (χ1v) is 6.10. The van der Waals surface area contributed by atoms with Crippen LogP contribution >= 0.6 is 0 Å². The number of aromatic nitrogens is 3. The molecule has 1 fully saturated rings. The van der Waals surface area contributed by atoms with E-state index < -0.39 is 0 Å². The number of carbonyl (C=O) groups excluding carboxylic acids is 1. The lowest BCUT2D eigenvalue weighted by Crippen LogP contribution is -2.54. The minimum Gasteiger partial charge on any atom is -0.353 e. The van der Waals surface area contributed by atoms with Crippen LogP contribution in [0.3, 0.4) is 0 Å². The summed E-state index contributed by atoms with van der Waals surface area (Å²) < 4.78 is 1.77. The third kappa shape index (κ3) is 2.82. The van der Waals surface area contributed by atoms with Gasteiger partial charge in [-0.15, -0.1) is 0 Å². The first-order valence-electron chi connectivity index (χ1n) is 6.10. The summed E-state index contributed by atoms with van der Waals surface area (Å²) in [4.78, 5) is 16.1. The number of aryl methyl sites for hydroxylation is 2. The highest BCUT2D eigenvalue weighted by Gasteiger charge is 2.23. The van der Waals surface area contributed by atoms with Crippen LogP contribution in [0.25, 0.3) is 0 Å². The van der Waals surface area contributed by atoms with Gasteiger partial charge in [-0.2, -0.15) is 5.10 Å². The molecule has 6 nitrogen and oxygen atoms in total. The van der Waals surface area contributed by atoms with Gasteiger partial charge in [0, 0.05) is 33.0 Å². The Balaban J connectivity index is 2.04. The zero-order chi connectivity index (χ0) is 12.3. The minimum atomic E-state index is -0.180. The molecule has 2 rings (SSSR count). The Kier molecular flexibility index (Phi) is 3.73. The molecule has 1 saturated heterocycles. The van der Waals surface area contributed by atoms with Gasteiger partial charge in [-0.1, -0.05) is 6.92 Å². The summed E-state index contributed by atoms with van der Waals surface area (Å²) in [5.74, 6) is 1.78. The van der Waals surface area contributed by atoms with Crippen molar-refractivity contribution in [3.63, 3.8) is 0 Å². The maximum atomic E-state index is 11.6. The Hall–Kier alpha value is -1.43. The second-order valence-electron chi connectivity index (χ2n) is 4.32. The van der Waals surface area contributed by atoms with Crippen molar-refractivity contribution in [3.8, 4) is 0 Å². The number of carbonyl (C=O) groups is 1. The van der Waals surface area contributed by atoms with Crippen LogP contribution in [0.5, 0.6) is 0 Å². The standard InChI is InChI=1S/C11H19N5O/c1-3-4-9-14-10(16(2)15-9)7-8-11(17)13-6-5-12-8/h8,12H,3-7H2,1-2H3,(H,13,17). The van der Waals surface area contributed by atoms with Crippen LogP contribution in [0.1, 0.15) is 25.0 Å². The molecule has 0 aliphatic carbocycles. The summed E-state index contributed by atoms with van der Waals surface area (Å²) in [7, 11) is 1.88. The zero-order valence-electron chi connectivity index (χ0n) is 10.4. The fourth-order valence-electron chi connectivity index (χ4n) is 1.98. The highest BCUT2D eigenvalue weighted by Crippen LogP contribution is 2.04. The molecule has 0 spiro atoms. The molecule has 2 heterocycles. The molecule has 1 aliphatic rings. The number of hydrogen-bond donors (Lipinski definition) is 2. The smallest absolute Gasteiger partial charge is 0.237 e. The molecule has 1 aromatic heterocycles. The molecular weight excluding hydrogens is 218 g/mol. The molecular formula is C11H19N5O. The van der Waals surface area contributed by atoms with Gasteiger partial charge in [0.25, 0.3) is 0 Å². The Morgan fingerprint density at radius 1 is 1.47 bits per heavy atom. The van der Waals surface area contributed by atoms with Gasteiger partial charge in [0.1, 0.15) is 5.82 Å². The van der Waals surface area contributed by atoms with Crippen molar-refractivity contribution in [3.05, 3.63) is 11.6 Å². The van der Waals surface area contributed by atoms with E-state index in [4.69, 9.17) is 0 Å². The Labute approximate surface area is 101 Å². The molecule has 1 unspecified atom stereocenters. The number of piperazine rings is 1. The molecule has 0 saturated carbocycles. The Morgan fingerprint density at radius 2 is 2.29 bits per heavy atom. The van der Waals surface area contributed by atoms with Gasteiger partial charge in [-0.3, -0.25) is 9.48 Å². The van der Waals surface area contributed by atoms with Crippen LogP contribution in [-0.4, -0.2) is 39.8 Å². The molecule has 94 valence electrons. The predicted octanol–water partition coefficient (Wildman–Crippen LogP) is -0.602. The average Bonchev–Trinajstić information content (AvgIpc) is 2.63. The number of hydrogen-bond acceptors (Lipinski definition) is 4. The quantitative estimate of drug-likeness (QED) is 0.733. The summed E-state index contributed by atoms with van der Waals surface area (Å²) in [5.41, 5.74) is 0. The fourth-order valence-corrected chi connectivity index (χ4v) is 1.98. The van der Waals surface area contributed by atoms with E-state index in [0.717, 1.165) is 31.0 Å². The van der Waals surface area contributed by atoms with Crippen molar-refractivity contribution >= 4 is 5.91 Å². The fraction of sp³-hybridized carbons (Fsp3) is 0.727. The lowest BCUT2D eigenvalue weighted by molar-refractivity contribution is -0.124. The van der Waals surface area contributed by atoms with Crippen molar-refractivity contribution in [1.29, 1.82) is 0 Å². The van der Waals surface area contributed by atoms with E-state index in [1.165, 1.54) is 0 Å². The van der Waals surface area contributed by atoms with Crippen LogP contribution in [-0.2, 0) is 24.7 Å². The first-order chi connectivity index (χ1) is 8.20. The van der Waals surface area contributed by atoms with Crippen molar-refractivity contribution in [2.45, 2.75) is 32.2 Å². The molecule has 1 amide bonds. The van der Waals surface area contributed by atoms with Gasteiger partial charge in [-0.05, 0) is 6.42 Å². The summed E-state index contributed by atoms with van der Waals surface area (Å²) in [6.07, 6.45) is 2.52. The molecule has 1 aromatic rings. The number of nitrogens with zero attached hydrogens (tertiary/aromatic N) is 3. The molecule has 2 N–H and O–H groups in total.